The van der Waals surface area contributed by atoms with E-state index < -0.39 is 11.9 Å². The molecule has 4 heterocycles. The Labute approximate surface area is 80.0 Å². The Morgan fingerprint density at radius 3 is 1.71 bits per heavy atom. The van der Waals surface area contributed by atoms with Gasteiger partial charge in [-0.15, -0.1) is 0 Å². The maximum absolute atomic E-state index is 5.36. The lowest BCUT2D eigenvalue weighted by Crippen LogP contribution is -2.10. The van der Waals surface area contributed by atoms with Crippen LogP contribution in [0.2, 0.25) is 0 Å². The van der Waals surface area contributed by atoms with E-state index in [0.717, 1.165) is 13.2 Å². The van der Waals surface area contributed by atoms with E-state index in [1.807, 2.05) is 0 Å². The molecule has 2 unspecified atom stereocenters. The maximum atomic E-state index is 5.36. The van der Waals surface area contributed by atoms with E-state index in [4.69, 9.17) is 28.4 Å². The normalized spacial score (nSPS) is 56.6. The summed E-state index contributed by atoms with van der Waals surface area (Å²) in [5.41, 5.74) is 0. The zero-order chi connectivity index (χ0) is 9.23. The number of hydrogen-bond acceptors (Lipinski definition) is 6. The molecule has 0 bridgehead atoms. The van der Waals surface area contributed by atoms with E-state index in [9.17, 15) is 0 Å². The van der Waals surface area contributed by atoms with Gasteiger partial charge in [0.25, 0.3) is 0 Å². The molecule has 0 aromatic carbocycles. The maximum Gasteiger partial charge on any atom is 0.379 e. The lowest BCUT2D eigenvalue weighted by Gasteiger charge is -1.99. The molecule has 4 aliphatic rings. The van der Waals surface area contributed by atoms with Gasteiger partial charge in [-0.05, 0) is 0 Å². The fraction of sp³-hybridized carbons (Fsp3) is 1.00. The molecule has 0 aromatic rings. The minimum Gasteiger partial charge on any atom is -0.371 e. The van der Waals surface area contributed by atoms with Crippen molar-refractivity contribution in [1.82, 2.24) is 0 Å². The van der Waals surface area contributed by atoms with Crippen LogP contribution in [-0.4, -0.2) is 50.6 Å². The molecule has 78 valence electrons. The molecule has 0 N–H and O–H groups in total. The smallest absolute Gasteiger partial charge is 0.371 e. The van der Waals surface area contributed by atoms with Crippen molar-refractivity contribution in [1.29, 1.82) is 0 Å². The molecular weight excluding hydrogens is 192 g/mol. The quantitative estimate of drug-likeness (QED) is 0.524. The van der Waals surface area contributed by atoms with Gasteiger partial charge in [0.15, 0.2) is 0 Å². The molecule has 4 saturated heterocycles. The number of ether oxygens (including phenoxy) is 6. The zero-order valence-electron chi connectivity index (χ0n) is 7.43. The summed E-state index contributed by atoms with van der Waals surface area (Å²) in [6, 6.07) is 0. The SMILES string of the molecule is C1OC1COC12OC1(OCC1CO1)O2. The summed E-state index contributed by atoms with van der Waals surface area (Å²) in [5.74, 6) is -1.82. The van der Waals surface area contributed by atoms with Crippen LogP contribution in [0.5, 0.6) is 0 Å². The summed E-state index contributed by atoms with van der Waals surface area (Å²) in [5, 5.41) is 0. The second-order valence-electron chi connectivity index (χ2n) is 3.85. The van der Waals surface area contributed by atoms with E-state index in [-0.39, 0.29) is 12.2 Å². The highest BCUT2D eigenvalue weighted by Crippen LogP contribution is 2.68. The number of epoxide rings is 4. The fourth-order valence-electron chi connectivity index (χ4n) is 1.34. The topological polar surface area (TPSA) is 68.6 Å². The van der Waals surface area contributed by atoms with Crippen LogP contribution in [0.25, 0.3) is 0 Å². The molecular formula is C8H10O6. The van der Waals surface area contributed by atoms with Gasteiger partial charge in [-0.1, -0.05) is 0 Å². The first-order valence-electron chi connectivity index (χ1n) is 4.73. The molecule has 4 rings (SSSR count). The van der Waals surface area contributed by atoms with Crippen LogP contribution in [0.1, 0.15) is 0 Å². The molecule has 2 atom stereocenters. The van der Waals surface area contributed by atoms with Crippen molar-refractivity contribution in [3.05, 3.63) is 0 Å². The third-order valence-electron chi connectivity index (χ3n) is 2.55. The Kier molecular flexibility index (Phi) is 1.30. The lowest BCUT2D eigenvalue weighted by molar-refractivity contribution is -0.265. The predicted octanol–water partition coefficient (Wildman–Crippen LogP) is -0.815. The number of fused-ring (bicyclic) bond motifs is 1. The first kappa shape index (κ1) is 7.98. The van der Waals surface area contributed by atoms with Crippen LogP contribution < -0.4 is 0 Å². The highest BCUT2D eigenvalue weighted by atomic mass is 17.2. The third-order valence-corrected chi connectivity index (χ3v) is 2.55. The summed E-state index contributed by atoms with van der Waals surface area (Å²) < 4.78 is 31.0. The molecule has 0 amide bonds. The first-order valence-corrected chi connectivity index (χ1v) is 4.73. The highest BCUT2D eigenvalue weighted by molar-refractivity contribution is 5.05. The van der Waals surface area contributed by atoms with Crippen LogP contribution in [0.15, 0.2) is 0 Å². The largest absolute Gasteiger partial charge is 0.379 e. The lowest BCUT2D eigenvalue weighted by atomic mass is 10.5. The summed E-state index contributed by atoms with van der Waals surface area (Å²) in [6.07, 6.45) is 0.421. The second-order valence-corrected chi connectivity index (χ2v) is 3.85. The highest BCUT2D eigenvalue weighted by Gasteiger charge is 2.97. The van der Waals surface area contributed by atoms with Crippen LogP contribution in [-0.2, 0) is 28.4 Å². The predicted molar refractivity (Wildman–Crippen MR) is 39.0 cm³/mol. The van der Waals surface area contributed by atoms with Gasteiger partial charge in [-0.2, -0.15) is 0 Å². The van der Waals surface area contributed by atoms with Crippen molar-refractivity contribution in [2.24, 2.45) is 0 Å². The Hall–Kier alpha value is -0.240. The van der Waals surface area contributed by atoms with Gasteiger partial charge in [0, 0.05) is 0 Å². The Morgan fingerprint density at radius 2 is 1.36 bits per heavy atom. The Morgan fingerprint density at radius 1 is 0.929 bits per heavy atom. The molecule has 0 aliphatic carbocycles. The van der Waals surface area contributed by atoms with Crippen molar-refractivity contribution in [3.63, 3.8) is 0 Å². The summed E-state index contributed by atoms with van der Waals surface area (Å²) in [6.45, 7) is 2.54. The molecule has 0 spiro atoms. The minimum absolute atomic E-state index is 0.210. The van der Waals surface area contributed by atoms with Crippen LogP contribution >= 0.6 is 0 Å². The fourth-order valence-corrected chi connectivity index (χ4v) is 1.34. The molecule has 0 saturated carbocycles. The van der Waals surface area contributed by atoms with Crippen LogP contribution in [0.3, 0.4) is 0 Å². The Balaban J connectivity index is 1.25. The van der Waals surface area contributed by atoms with Gasteiger partial charge >= 0.3 is 11.9 Å². The average Bonchev–Trinajstić information content (AvgIpc) is 2.96. The molecule has 6 nitrogen and oxygen atoms in total. The first-order chi connectivity index (χ1) is 6.82. The molecule has 4 aliphatic heterocycles. The van der Waals surface area contributed by atoms with Gasteiger partial charge in [0.2, 0.25) is 0 Å². The molecule has 4 fully saturated rings. The Bertz CT molecular complexity index is 239. The van der Waals surface area contributed by atoms with E-state index in [0.29, 0.717) is 13.2 Å². The number of rotatable bonds is 6. The van der Waals surface area contributed by atoms with Gasteiger partial charge in [-0.25, -0.2) is 0 Å². The number of hydrogen-bond donors (Lipinski definition) is 0. The summed E-state index contributed by atoms with van der Waals surface area (Å²) in [4.78, 5) is 0. The van der Waals surface area contributed by atoms with Crippen molar-refractivity contribution in [2.45, 2.75) is 24.2 Å². The molecule has 14 heavy (non-hydrogen) atoms. The third kappa shape index (κ3) is 1.13. The van der Waals surface area contributed by atoms with Crippen molar-refractivity contribution < 1.29 is 28.4 Å². The monoisotopic (exact) mass is 202 g/mol. The zero-order valence-corrected chi connectivity index (χ0v) is 7.43. The van der Waals surface area contributed by atoms with Gasteiger partial charge < -0.3 is 18.9 Å². The van der Waals surface area contributed by atoms with Crippen molar-refractivity contribution >= 4 is 0 Å². The van der Waals surface area contributed by atoms with Gasteiger partial charge in [-0.3, -0.25) is 9.47 Å². The molecule has 0 radical (unpaired) electrons. The standard InChI is InChI=1S/C8H10O6/c1-5(9-1)3-11-7-8(13-7,14-7)12-4-6-2-10-6/h5-6H,1-4H2. The minimum atomic E-state index is -0.909. The van der Waals surface area contributed by atoms with Crippen LogP contribution in [0.4, 0.5) is 0 Å². The second kappa shape index (κ2) is 2.29. The summed E-state index contributed by atoms with van der Waals surface area (Å²) >= 11 is 0. The van der Waals surface area contributed by atoms with Gasteiger partial charge in [0.05, 0.1) is 26.4 Å². The molecule has 6 heteroatoms. The van der Waals surface area contributed by atoms with E-state index in [2.05, 4.69) is 0 Å². The van der Waals surface area contributed by atoms with E-state index >= 15 is 0 Å². The van der Waals surface area contributed by atoms with E-state index in [1.165, 1.54) is 0 Å². The summed E-state index contributed by atoms with van der Waals surface area (Å²) in [7, 11) is 0. The average molecular weight is 202 g/mol. The van der Waals surface area contributed by atoms with E-state index in [1.54, 1.807) is 0 Å². The van der Waals surface area contributed by atoms with Gasteiger partial charge in [0.1, 0.15) is 12.2 Å². The van der Waals surface area contributed by atoms with Crippen LogP contribution in [0, 0.1) is 0 Å². The van der Waals surface area contributed by atoms with Crippen molar-refractivity contribution in [3.8, 4) is 0 Å². The molecule has 0 aromatic heterocycles. The van der Waals surface area contributed by atoms with Crippen molar-refractivity contribution in [2.75, 3.05) is 26.4 Å².